The number of rotatable bonds is 16. The first-order valence-corrected chi connectivity index (χ1v) is 23.2. The molecule has 66 heavy (non-hydrogen) atoms. The number of aliphatic hydroxyl groups is 4. The summed E-state index contributed by atoms with van der Waals surface area (Å²) in [5.74, 6) is -0.625. The molecule has 2 unspecified atom stereocenters. The molecule has 15 N–H and O–H groups in total. The van der Waals surface area contributed by atoms with E-state index in [2.05, 4.69) is 39.4 Å². The number of aromatic nitrogens is 10. The summed E-state index contributed by atoms with van der Waals surface area (Å²) in [6, 6.07) is 1.13. The highest BCUT2D eigenvalue weighted by Gasteiger charge is 2.53. The number of nitrogens with one attached hydrogen (secondary N) is 1. The number of phosphoric acid groups is 3. The van der Waals surface area contributed by atoms with E-state index in [1.165, 1.54) is 0 Å². The van der Waals surface area contributed by atoms with Crippen molar-refractivity contribution in [1.29, 1.82) is 0 Å². The fraction of sp³-hybridized carbons (Fsp3) is 0.517. The third-order valence-electron chi connectivity index (χ3n) is 10.2. The average Bonchev–Trinajstić information content (AvgIpc) is 4.04. The van der Waals surface area contributed by atoms with E-state index in [1.807, 2.05) is 0 Å². The van der Waals surface area contributed by atoms with Crippen molar-refractivity contribution in [2.75, 3.05) is 37.0 Å². The number of H-pyrrole nitrogens is 1. The van der Waals surface area contributed by atoms with Gasteiger partial charge in [0.1, 0.15) is 72.6 Å². The topological polar surface area (TPSA) is 507 Å². The van der Waals surface area contributed by atoms with Gasteiger partial charge in [-0.2, -0.15) is 9.97 Å². The van der Waals surface area contributed by atoms with Gasteiger partial charge in [0, 0.05) is 6.20 Å². The third kappa shape index (κ3) is 9.65. The van der Waals surface area contributed by atoms with Gasteiger partial charge in [-0.15, -0.1) is 0 Å². The van der Waals surface area contributed by atoms with Crippen molar-refractivity contribution in [2.45, 2.75) is 73.6 Å². The molecule has 3 aliphatic heterocycles. The molecule has 8 heterocycles. The Morgan fingerprint density at radius 2 is 1.18 bits per heavy atom. The van der Waals surface area contributed by atoms with Crippen LogP contribution in [0.3, 0.4) is 0 Å². The lowest BCUT2D eigenvalue weighted by molar-refractivity contribution is -0.0631. The van der Waals surface area contributed by atoms with Gasteiger partial charge >= 0.3 is 29.2 Å². The number of hydrogen-bond acceptors (Lipinski definition) is 26. The van der Waals surface area contributed by atoms with Gasteiger partial charge in [0.2, 0.25) is 5.95 Å². The van der Waals surface area contributed by atoms with Crippen LogP contribution in [0.1, 0.15) is 18.7 Å². The number of hydrogen-bond donors (Lipinski definition) is 12. The van der Waals surface area contributed by atoms with E-state index in [0.717, 1.165) is 40.4 Å². The number of phosphoric ester groups is 3. The maximum absolute atomic E-state index is 13.5. The zero-order valence-corrected chi connectivity index (χ0v) is 35.6. The normalized spacial score (nSPS) is 31.2. The number of anilines is 3. The second-order valence-corrected chi connectivity index (χ2v) is 18.6. The summed E-state index contributed by atoms with van der Waals surface area (Å²) in [6.45, 7) is -3.20. The number of aromatic amines is 1. The highest BCUT2D eigenvalue weighted by atomic mass is 31.2. The lowest BCUT2D eigenvalue weighted by Crippen LogP contribution is -2.38. The Bertz CT molecular complexity index is 2880. The fourth-order valence-electron chi connectivity index (χ4n) is 7.20. The molecule has 5 aromatic rings. The molecule has 8 rings (SSSR count). The lowest BCUT2D eigenvalue weighted by atomic mass is 10.1. The Morgan fingerprint density at radius 3 is 1.79 bits per heavy atom. The molecule has 3 aliphatic rings. The van der Waals surface area contributed by atoms with Crippen LogP contribution in [0.4, 0.5) is 17.6 Å². The molecule has 360 valence electrons. The molecule has 0 bridgehead atoms. The fourth-order valence-corrected chi connectivity index (χ4v) is 9.47. The summed E-state index contributed by atoms with van der Waals surface area (Å²) in [6.07, 6.45) is -17.5. The first-order chi connectivity index (χ1) is 31.0. The Hall–Kier alpha value is -4.77. The molecule has 5 aromatic heterocycles. The van der Waals surface area contributed by atoms with Crippen LogP contribution in [0.15, 0.2) is 40.8 Å². The molecule has 0 spiro atoms. The van der Waals surface area contributed by atoms with Crippen molar-refractivity contribution in [3.8, 4) is 0 Å². The second kappa shape index (κ2) is 18.0. The van der Waals surface area contributed by atoms with Gasteiger partial charge in [-0.05, 0) is 6.07 Å². The van der Waals surface area contributed by atoms with Gasteiger partial charge in [-0.1, -0.05) is 0 Å². The van der Waals surface area contributed by atoms with Gasteiger partial charge in [-0.3, -0.25) is 46.1 Å². The van der Waals surface area contributed by atoms with Gasteiger partial charge in [0.05, 0.1) is 32.5 Å². The summed E-state index contributed by atoms with van der Waals surface area (Å²) in [5, 5.41) is 44.2. The molecule has 3 fully saturated rings. The maximum Gasteiger partial charge on any atom is 0.472 e. The van der Waals surface area contributed by atoms with Gasteiger partial charge in [0.15, 0.2) is 41.3 Å². The van der Waals surface area contributed by atoms with Crippen molar-refractivity contribution in [3.63, 3.8) is 0 Å². The highest BCUT2D eigenvalue weighted by Crippen LogP contribution is 2.52. The highest BCUT2D eigenvalue weighted by molar-refractivity contribution is 7.47. The number of nitrogen functional groups attached to an aromatic ring is 3. The largest absolute Gasteiger partial charge is 0.472 e. The Morgan fingerprint density at radius 1 is 0.652 bits per heavy atom. The van der Waals surface area contributed by atoms with Crippen LogP contribution >= 0.6 is 23.5 Å². The first kappa shape index (κ1) is 47.7. The summed E-state index contributed by atoms with van der Waals surface area (Å²) in [5.41, 5.74) is 14.9. The van der Waals surface area contributed by atoms with Gasteiger partial charge < -0.3 is 71.4 Å². The Kier molecular flexibility index (Phi) is 13.0. The van der Waals surface area contributed by atoms with Crippen molar-refractivity contribution in [1.82, 2.24) is 48.6 Å². The smallest absolute Gasteiger partial charge is 0.387 e. The standard InChI is InChI=1S/C29H38N13O21P3/c30-12-1-2-40(29(48)37-12)26-17(45)20(63-65(52,53)57-3-9-15(43)16(44)25(59-9)42-8-36-14-23(42)38-28(32)39-24(14)47)11(60-26)5-58-66(54,55)62-19-10(4-56-64(49,50)51)61-27(18(19)46)41-7-35-13-21(31)33-6-34-22(13)41/h1-2,6-11,15-20,25-27,43-46H,3-5H2,(H,52,53)(H,54,55)(H2,30,37,48)(H2,31,33,34)(H2,49,50,51)(H3,32,38,39,47)/t9-,10-,11-,15-,16-,17-,18-,19-,20-,25-,26-,27-/m1/s1. The van der Waals surface area contributed by atoms with Crippen LogP contribution in [0, 0.1) is 0 Å². The number of nitrogens with two attached hydrogens (primary N) is 3. The lowest BCUT2D eigenvalue weighted by Gasteiger charge is -2.26. The number of imidazole rings is 2. The van der Waals surface area contributed by atoms with Crippen LogP contribution in [-0.2, 0) is 50.5 Å². The van der Waals surface area contributed by atoms with Gasteiger partial charge in [-0.25, -0.2) is 38.4 Å². The molecular weight excluding hydrogens is 959 g/mol. The summed E-state index contributed by atoms with van der Waals surface area (Å²) in [4.78, 5) is 91.0. The van der Waals surface area contributed by atoms with Gasteiger partial charge in [0.25, 0.3) is 5.56 Å². The summed E-state index contributed by atoms with van der Waals surface area (Å²) < 4.78 is 83.7. The summed E-state index contributed by atoms with van der Waals surface area (Å²) in [7, 11) is -16.2. The van der Waals surface area contributed by atoms with E-state index in [1.54, 1.807) is 0 Å². The molecule has 0 aromatic carbocycles. The predicted octanol–water partition coefficient (Wildman–Crippen LogP) is -4.79. The van der Waals surface area contributed by atoms with E-state index in [9.17, 15) is 63.3 Å². The summed E-state index contributed by atoms with van der Waals surface area (Å²) >= 11 is 0. The van der Waals surface area contributed by atoms with E-state index in [-0.39, 0.29) is 39.9 Å². The minimum atomic E-state index is -5.53. The van der Waals surface area contributed by atoms with E-state index < -0.39 is 128 Å². The molecule has 0 amide bonds. The van der Waals surface area contributed by atoms with Crippen LogP contribution < -0.4 is 28.5 Å². The second-order valence-electron chi connectivity index (χ2n) is 14.5. The molecule has 14 atom stereocenters. The monoisotopic (exact) mass is 997 g/mol. The predicted molar refractivity (Wildman–Crippen MR) is 210 cm³/mol. The zero-order valence-electron chi connectivity index (χ0n) is 32.9. The van der Waals surface area contributed by atoms with Crippen molar-refractivity contribution in [3.05, 3.63) is 52.1 Å². The van der Waals surface area contributed by atoms with E-state index in [0.29, 0.717) is 4.57 Å². The van der Waals surface area contributed by atoms with Crippen LogP contribution in [0.25, 0.3) is 22.3 Å². The van der Waals surface area contributed by atoms with Crippen LogP contribution in [0.5, 0.6) is 0 Å². The molecule has 0 saturated carbocycles. The quantitative estimate of drug-likeness (QED) is 0.0413. The SMILES string of the molecule is Nc1ccn([C@@H]2O[C@H](COP(=O)(O)O[C@H]3[C@@H](O)[C@H](n4cnc5c(N)ncnc54)O[C@@H]3COP(=O)(O)O)[C@@H](OP(=O)(O)OC[C@H]3O[C@@H](n4cnc5c(=O)[nH]c(N)nc54)[C@H](O)[C@@H]3O)[C@H]2O)c(=O)n1. The molecule has 34 nitrogen and oxygen atoms in total. The minimum absolute atomic E-state index is 0.00250. The van der Waals surface area contributed by atoms with Crippen LogP contribution in [0.2, 0.25) is 0 Å². The molecule has 0 radical (unpaired) electrons. The van der Waals surface area contributed by atoms with Crippen molar-refractivity contribution >= 4 is 63.4 Å². The minimum Gasteiger partial charge on any atom is -0.387 e. The Balaban J connectivity index is 0.984. The van der Waals surface area contributed by atoms with E-state index >= 15 is 0 Å². The van der Waals surface area contributed by atoms with Crippen molar-refractivity contribution < 1.29 is 90.5 Å². The molecule has 37 heteroatoms. The number of fused-ring (bicyclic) bond motifs is 2. The average molecular weight is 998 g/mol. The third-order valence-corrected chi connectivity index (χ3v) is 12.6. The number of ether oxygens (including phenoxy) is 3. The Labute approximate surface area is 364 Å². The zero-order chi connectivity index (χ0) is 47.6. The molecule has 3 saturated heterocycles. The molecule has 0 aliphatic carbocycles. The van der Waals surface area contributed by atoms with E-state index in [4.69, 9.17) is 49.5 Å². The van der Waals surface area contributed by atoms with Crippen LogP contribution in [-0.4, -0.2) is 163 Å². The number of nitrogens with zero attached hydrogens (tertiary/aromatic N) is 9. The maximum atomic E-state index is 13.5. The number of aliphatic hydroxyl groups excluding tert-OH is 4. The molecular formula is C29H38N13O21P3. The first-order valence-electron chi connectivity index (χ1n) is 18.7. The van der Waals surface area contributed by atoms with Crippen molar-refractivity contribution in [2.24, 2.45) is 0 Å².